The van der Waals surface area contributed by atoms with Gasteiger partial charge in [-0.05, 0) is 36.5 Å². The molecule has 1 nitrogen and oxygen atoms in total. The van der Waals surface area contributed by atoms with Gasteiger partial charge in [-0.1, -0.05) is 39.3 Å². The monoisotopic (exact) mass is 235 g/mol. The molecule has 94 valence electrons. The summed E-state index contributed by atoms with van der Waals surface area (Å²) in [7, 11) is 0. The van der Waals surface area contributed by atoms with E-state index in [1.54, 1.807) is 0 Å². The molecule has 17 heavy (non-hydrogen) atoms. The molecule has 0 spiro atoms. The Balaban J connectivity index is 2.22. The minimum absolute atomic E-state index is 0.0828. The fourth-order valence-electron chi connectivity index (χ4n) is 2.96. The largest absolute Gasteiger partial charge is 0.324 e. The predicted octanol–water partition coefficient (Wildman–Crippen LogP) is 3.62. The van der Waals surface area contributed by atoms with Crippen LogP contribution in [0.3, 0.4) is 0 Å². The molecule has 2 unspecified atom stereocenters. The third-order valence-electron chi connectivity index (χ3n) is 4.52. The Bertz CT molecular complexity index is 396. The van der Waals surface area contributed by atoms with Crippen LogP contribution in [0.25, 0.3) is 0 Å². The van der Waals surface area contributed by atoms with Gasteiger partial charge in [0.15, 0.2) is 0 Å². The van der Waals surface area contributed by atoms with Crippen LogP contribution in [0.2, 0.25) is 0 Å². The second-order valence-electron chi connectivity index (χ2n) is 5.86. The van der Waals surface area contributed by atoms with Crippen LogP contribution in [0.15, 0.2) is 24.3 Å². The van der Waals surface area contributed by atoms with Crippen molar-refractivity contribution in [2.24, 2.45) is 11.7 Å². The van der Waals surface area contributed by atoms with Crippen molar-refractivity contribution in [3.05, 3.63) is 35.6 Å². The maximum atomic E-state index is 13.0. The first kappa shape index (κ1) is 12.6. The minimum atomic E-state index is -0.184. The summed E-state index contributed by atoms with van der Waals surface area (Å²) in [6.45, 7) is 6.55. The van der Waals surface area contributed by atoms with Gasteiger partial charge in [0, 0.05) is 11.0 Å². The van der Waals surface area contributed by atoms with Gasteiger partial charge in [-0.15, -0.1) is 0 Å². The van der Waals surface area contributed by atoms with Crippen molar-refractivity contribution in [3.63, 3.8) is 0 Å². The summed E-state index contributed by atoms with van der Waals surface area (Å²) in [6.07, 6.45) is 3.47. The summed E-state index contributed by atoms with van der Waals surface area (Å²) in [5.41, 5.74) is 7.48. The van der Waals surface area contributed by atoms with Gasteiger partial charge in [0.05, 0.1) is 0 Å². The summed E-state index contributed by atoms with van der Waals surface area (Å²) in [6, 6.07) is 6.78. The van der Waals surface area contributed by atoms with Gasteiger partial charge < -0.3 is 5.73 Å². The predicted molar refractivity (Wildman–Crippen MR) is 69.4 cm³/mol. The topological polar surface area (TPSA) is 26.0 Å². The number of hydrogen-bond acceptors (Lipinski definition) is 1. The average Bonchev–Trinajstić information content (AvgIpc) is 2.93. The average molecular weight is 235 g/mol. The Labute approximate surface area is 103 Å². The maximum absolute atomic E-state index is 13.0. The van der Waals surface area contributed by atoms with Crippen LogP contribution in [-0.2, 0) is 5.41 Å². The third kappa shape index (κ3) is 1.99. The first-order valence-corrected chi connectivity index (χ1v) is 6.46. The zero-order chi connectivity index (χ0) is 12.7. The fourth-order valence-corrected chi connectivity index (χ4v) is 2.96. The molecule has 1 aliphatic rings. The van der Waals surface area contributed by atoms with Crippen molar-refractivity contribution in [1.29, 1.82) is 0 Å². The zero-order valence-electron chi connectivity index (χ0n) is 11.0. The molecule has 1 fully saturated rings. The molecule has 1 saturated carbocycles. The van der Waals surface area contributed by atoms with Gasteiger partial charge in [-0.3, -0.25) is 0 Å². The van der Waals surface area contributed by atoms with E-state index in [-0.39, 0.29) is 16.8 Å². The first-order chi connectivity index (χ1) is 7.91. The van der Waals surface area contributed by atoms with E-state index in [0.717, 1.165) is 12.0 Å². The summed E-state index contributed by atoms with van der Waals surface area (Å²) < 4.78 is 13.0. The van der Waals surface area contributed by atoms with Crippen LogP contribution in [-0.4, -0.2) is 5.54 Å². The first-order valence-electron chi connectivity index (χ1n) is 6.46. The highest BCUT2D eigenvalue weighted by Crippen LogP contribution is 2.55. The van der Waals surface area contributed by atoms with Crippen molar-refractivity contribution in [3.8, 4) is 0 Å². The number of hydrogen-bond donors (Lipinski definition) is 1. The van der Waals surface area contributed by atoms with Gasteiger partial charge in [-0.2, -0.15) is 0 Å². The lowest BCUT2D eigenvalue weighted by Gasteiger charge is -2.34. The second kappa shape index (κ2) is 4.09. The zero-order valence-corrected chi connectivity index (χ0v) is 11.0. The van der Waals surface area contributed by atoms with Gasteiger partial charge in [-0.25, -0.2) is 4.39 Å². The quantitative estimate of drug-likeness (QED) is 0.847. The molecular weight excluding hydrogens is 213 g/mol. The molecule has 1 aromatic rings. The van der Waals surface area contributed by atoms with Crippen LogP contribution in [0.5, 0.6) is 0 Å². The number of rotatable bonds is 4. The molecule has 0 heterocycles. The Hall–Kier alpha value is -0.890. The molecule has 0 aromatic heterocycles. The molecule has 2 heteroatoms. The normalized spacial score (nSPS) is 28.2. The van der Waals surface area contributed by atoms with Crippen LogP contribution in [0.1, 0.15) is 45.6 Å². The Kier molecular flexibility index (Phi) is 3.03. The summed E-state index contributed by atoms with van der Waals surface area (Å²) >= 11 is 0. The third-order valence-corrected chi connectivity index (χ3v) is 4.52. The van der Waals surface area contributed by atoms with E-state index in [0.29, 0.717) is 5.92 Å². The van der Waals surface area contributed by atoms with Gasteiger partial charge in [0.2, 0.25) is 0 Å². The molecule has 0 aliphatic heterocycles. The lowest BCUT2D eigenvalue weighted by molar-refractivity contribution is 0.355. The molecule has 2 rings (SSSR count). The summed E-state index contributed by atoms with van der Waals surface area (Å²) in [4.78, 5) is 0. The van der Waals surface area contributed by atoms with Crippen molar-refractivity contribution >= 4 is 0 Å². The molecule has 0 amide bonds. The molecule has 2 atom stereocenters. The molecule has 0 bridgehead atoms. The highest BCUT2D eigenvalue weighted by molar-refractivity contribution is 5.34. The van der Waals surface area contributed by atoms with Crippen molar-refractivity contribution in [2.45, 2.75) is 51.0 Å². The van der Waals surface area contributed by atoms with Crippen molar-refractivity contribution in [1.82, 2.24) is 0 Å². The Morgan fingerprint density at radius 3 is 2.47 bits per heavy atom. The van der Waals surface area contributed by atoms with Gasteiger partial charge >= 0.3 is 0 Å². The van der Waals surface area contributed by atoms with Crippen LogP contribution >= 0.6 is 0 Å². The van der Waals surface area contributed by atoms with Crippen LogP contribution < -0.4 is 5.73 Å². The second-order valence-corrected chi connectivity index (χ2v) is 5.86. The number of halogens is 1. The lowest BCUT2D eigenvalue weighted by atomic mass is 9.74. The van der Waals surface area contributed by atoms with Crippen LogP contribution in [0.4, 0.5) is 4.39 Å². The molecule has 0 saturated heterocycles. The van der Waals surface area contributed by atoms with E-state index in [1.807, 2.05) is 12.1 Å². The van der Waals surface area contributed by atoms with E-state index >= 15 is 0 Å². The fraction of sp³-hybridized carbons (Fsp3) is 0.600. The minimum Gasteiger partial charge on any atom is -0.324 e. The Morgan fingerprint density at radius 1 is 1.35 bits per heavy atom. The standard InChI is InChI=1S/C15H22FN/c1-4-5-12-10-15(12,17)14(2,3)11-6-8-13(16)9-7-11/h6-9,12H,4-5,10,17H2,1-3H3. The smallest absolute Gasteiger partial charge is 0.123 e. The van der Waals surface area contributed by atoms with Crippen LogP contribution in [0, 0.1) is 11.7 Å². The molecule has 0 radical (unpaired) electrons. The lowest BCUT2D eigenvalue weighted by Crippen LogP contribution is -2.45. The highest BCUT2D eigenvalue weighted by Gasteiger charge is 2.59. The van der Waals surface area contributed by atoms with Crippen molar-refractivity contribution in [2.75, 3.05) is 0 Å². The molecule has 1 aliphatic carbocycles. The van der Waals surface area contributed by atoms with Gasteiger partial charge in [0.1, 0.15) is 5.82 Å². The summed E-state index contributed by atoms with van der Waals surface area (Å²) in [5, 5.41) is 0. The molecule has 2 N–H and O–H groups in total. The molecule has 1 aromatic carbocycles. The van der Waals surface area contributed by atoms with Gasteiger partial charge in [0.25, 0.3) is 0 Å². The maximum Gasteiger partial charge on any atom is 0.123 e. The number of nitrogens with two attached hydrogens (primary N) is 1. The summed E-state index contributed by atoms with van der Waals surface area (Å²) in [5.74, 6) is 0.434. The Morgan fingerprint density at radius 2 is 1.94 bits per heavy atom. The van der Waals surface area contributed by atoms with E-state index in [1.165, 1.54) is 25.0 Å². The van der Waals surface area contributed by atoms with E-state index in [4.69, 9.17) is 5.73 Å². The SMILES string of the molecule is CCCC1CC1(N)C(C)(C)c1ccc(F)cc1. The van der Waals surface area contributed by atoms with E-state index in [2.05, 4.69) is 20.8 Å². The molecular formula is C15H22FN. The van der Waals surface area contributed by atoms with Crippen molar-refractivity contribution < 1.29 is 4.39 Å². The number of benzene rings is 1. The van der Waals surface area contributed by atoms with E-state index < -0.39 is 0 Å². The van der Waals surface area contributed by atoms with E-state index in [9.17, 15) is 4.39 Å². The highest BCUT2D eigenvalue weighted by atomic mass is 19.1.